The molecule has 0 radical (unpaired) electrons. The summed E-state index contributed by atoms with van der Waals surface area (Å²) in [7, 11) is 2.08. The lowest BCUT2D eigenvalue weighted by molar-refractivity contribution is 0.0938. The van der Waals surface area contributed by atoms with Crippen LogP contribution in [0.15, 0.2) is 35.3 Å². The van der Waals surface area contributed by atoms with E-state index in [2.05, 4.69) is 22.6 Å². The summed E-state index contributed by atoms with van der Waals surface area (Å²) in [6.07, 6.45) is 3.11. The van der Waals surface area contributed by atoms with E-state index in [0.717, 1.165) is 37.9 Å². The van der Waals surface area contributed by atoms with Gasteiger partial charge in [-0.05, 0) is 63.3 Å². The Morgan fingerprint density at radius 1 is 1.08 bits per heavy atom. The van der Waals surface area contributed by atoms with Crippen LogP contribution < -0.4 is 16.2 Å². The number of hydrogen-bond acceptors (Lipinski definition) is 4. The van der Waals surface area contributed by atoms with Crippen LogP contribution in [0.5, 0.6) is 0 Å². The highest BCUT2D eigenvalue weighted by atomic mass is 19.3. The van der Waals surface area contributed by atoms with E-state index in [1.807, 2.05) is 0 Å². The van der Waals surface area contributed by atoms with Gasteiger partial charge in [0, 0.05) is 43.0 Å². The fraction of sp³-hybridized carbons (Fsp3) is 0.571. The van der Waals surface area contributed by atoms with E-state index >= 15 is 0 Å². The van der Waals surface area contributed by atoms with Crippen LogP contribution in [-0.4, -0.2) is 41.6 Å². The number of hydrogen-bond donors (Lipinski definition) is 2. The van der Waals surface area contributed by atoms with Gasteiger partial charge < -0.3 is 20.1 Å². The van der Waals surface area contributed by atoms with E-state index < -0.39 is 29.8 Å². The summed E-state index contributed by atoms with van der Waals surface area (Å²) in [6, 6.07) is 4.78. The van der Waals surface area contributed by atoms with Crippen molar-refractivity contribution in [3.63, 3.8) is 0 Å². The highest BCUT2D eigenvalue weighted by Crippen LogP contribution is 2.51. The van der Waals surface area contributed by atoms with Crippen molar-refractivity contribution >= 4 is 11.6 Å². The van der Waals surface area contributed by atoms with Gasteiger partial charge >= 0.3 is 0 Å². The lowest BCUT2D eigenvalue weighted by Gasteiger charge is -2.37. The average Bonchev–Trinajstić information content (AvgIpc) is 3.71. The van der Waals surface area contributed by atoms with Crippen molar-refractivity contribution in [1.29, 1.82) is 0 Å². The molecule has 0 spiro atoms. The number of carbonyl (C=O) groups is 1. The largest absolute Gasteiger partial charge is 0.381 e. The number of aromatic nitrogens is 1. The fourth-order valence-electron chi connectivity index (χ4n) is 6.50. The predicted octanol–water partition coefficient (Wildman–Crippen LogP) is 4.75. The molecule has 0 unspecified atom stereocenters. The molecule has 198 valence electrons. The standard InChI is InChI=1S/C28H33F3N4O2/c1-14(18-4-3-5-19(25(18)29)27(30)31)32-28(37)22-13-35(17-8-16(9-17)15-6-7-15)24(36)10-23(22)33-26-20-11-34(2)12-21(20)26/h3-5,10,13-17,20-21,26-27,33H,6-9,11-12H2,1-2H3,(H,32,37)/t14-,16-,17+,20-,21+,26+/m1/s1. The van der Waals surface area contributed by atoms with Crippen LogP contribution >= 0.6 is 0 Å². The molecule has 1 saturated heterocycles. The Morgan fingerprint density at radius 3 is 2.41 bits per heavy atom. The summed E-state index contributed by atoms with van der Waals surface area (Å²) in [4.78, 5) is 28.9. The second-order valence-electron chi connectivity index (χ2n) is 11.5. The number of anilines is 1. The molecule has 6 nitrogen and oxygen atoms in total. The third kappa shape index (κ3) is 4.56. The van der Waals surface area contributed by atoms with Gasteiger partial charge in [0.25, 0.3) is 17.9 Å². The number of nitrogens with one attached hydrogen (secondary N) is 2. The van der Waals surface area contributed by atoms with Crippen molar-refractivity contribution < 1.29 is 18.0 Å². The smallest absolute Gasteiger partial charge is 0.266 e. The predicted molar refractivity (Wildman–Crippen MR) is 134 cm³/mol. The van der Waals surface area contributed by atoms with E-state index in [4.69, 9.17) is 0 Å². The maximum Gasteiger partial charge on any atom is 0.266 e. The Hall–Kier alpha value is -2.81. The number of rotatable bonds is 8. The van der Waals surface area contributed by atoms with Gasteiger partial charge in [-0.25, -0.2) is 13.2 Å². The Balaban J connectivity index is 1.26. The summed E-state index contributed by atoms with van der Waals surface area (Å²) < 4.78 is 42.8. The van der Waals surface area contributed by atoms with Gasteiger partial charge in [0.2, 0.25) is 0 Å². The number of likely N-dealkylation sites (tertiary alicyclic amines) is 1. The lowest BCUT2D eigenvalue weighted by Crippen LogP contribution is -2.36. The highest BCUT2D eigenvalue weighted by Gasteiger charge is 2.55. The molecule has 4 atom stereocenters. The molecule has 9 heteroatoms. The SMILES string of the molecule is C[C@@H](NC(=O)c1cn([C@H]2C[C@@H](C3CC3)C2)c(=O)cc1N[C@H]1[C@@H]2CN(C)C[C@@H]21)c1cccc(C(F)F)c1F. The number of pyridine rings is 1. The number of amides is 1. The first-order valence-electron chi connectivity index (χ1n) is 13.3. The fourth-order valence-corrected chi connectivity index (χ4v) is 6.50. The van der Waals surface area contributed by atoms with Gasteiger partial charge in [-0.15, -0.1) is 0 Å². The number of halogens is 3. The quantitative estimate of drug-likeness (QED) is 0.534. The van der Waals surface area contributed by atoms with Crippen LogP contribution in [0.4, 0.5) is 18.9 Å². The minimum atomic E-state index is -2.94. The van der Waals surface area contributed by atoms with Gasteiger partial charge in [-0.3, -0.25) is 9.59 Å². The zero-order valence-electron chi connectivity index (χ0n) is 21.1. The number of benzene rings is 1. The van der Waals surface area contributed by atoms with Gasteiger partial charge in [0.15, 0.2) is 0 Å². The third-order valence-electron chi connectivity index (χ3n) is 8.96. The molecule has 1 amide bonds. The van der Waals surface area contributed by atoms with Gasteiger partial charge in [-0.1, -0.05) is 18.2 Å². The van der Waals surface area contributed by atoms with E-state index in [1.165, 1.54) is 31.0 Å². The topological polar surface area (TPSA) is 66.4 Å². The van der Waals surface area contributed by atoms with Crippen LogP contribution in [0.3, 0.4) is 0 Å². The molecular weight excluding hydrogens is 481 g/mol. The molecule has 4 aliphatic rings. The first kappa shape index (κ1) is 24.5. The molecule has 6 rings (SSSR count). The van der Waals surface area contributed by atoms with E-state index in [-0.39, 0.29) is 23.2 Å². The number of piperidine rings is 1. The summed E-state index contributed by atoms with van der Waals surface area (Å²) in [5, 5.41) is 6.22. The van der Waals surface area contributed by atoms with Gasteiger partial charge in [0.1, 0.15) is 5.82 Å². The minimum Gasteiger partial charge on any atom is -0.381 e. The summed E-state index contributed by atoms with van der Waals surface area (Å²) in [5.74, 6) is 0.928. The van der Waals surface area contributed by atoms with E-state index in [1.54, 1.807) is 17.7 Å². The second-order valence-corrected chi connectivity index (χ2v) is 11.5. The third-order valence-corrected chi connectivity index (χ3v) is 8.96. The van der Waals surface area contributed by atoms with Crippen LogP contribution in [0.2, 0.25) is 0 Å². The molecule has 0 bridgehead atoms. The minimum absolute atomic E-state index is 0.0000102. The average molecular weight is 515 g/mol. The summed E-state index contributed by atoms with van der Waals surface area (Å²) in [6.45, 7) is 3.52. The first-order valence-corrected chi connectivity index (χ1v) is 13.3. The van der Waals surface area contributed by atoms with Crippen molar-refractivity contribution in [2.75, 3.05) is 25.5 Å². The lowest BCUT2D eigenvalue weighted by atomic mass is 9.77. The normalized spacial score (nSPS) is 29.5. The monoisotopic (exact) mass is 514 g/mol. The number of nitrogens with zero attached hydrogens (tertiary/aromatic N) is 2. The van der Waals surface area contributed by atoms with E-state index in [0.29, 0.717) is 29.0 Å². The second kappa shape index (κ2) is 9.19. The molecule has 1 aromatic heterocycles. The molecule has 3 saturated carbocycles. The van der Waals surface area contributed by atoms with Crippen LogP contribution in [0.1, 0.15) is 72.6 Å². The summed E-state index contributed by atoms with van der Waals surface area (Å²) >= 11 is 0. The molecule has 37 heavy (non-hydrogen) atoms. The van der Waals surface area contributed by atoms with Crippen LogP contribution in [-0.2, 0) is 0 Å². The van der Waals surface area contributed by atoms with Gasteiger partial charge in [0.05, 0.1) is 22.9 Å². The van der Waals surface area contributed by atoms with Crippen molar-refractivity contribution in [1.82, 2.24) is 14.8 Å². The molecule has 2 aromatic rings. The van der Waals surface area contributed by atoms with Crippen molar-refractivity contribution in [2.24, 2.45) is 23.7 Å². The molecular formula is C28H33F3N4O2. The van der Waals surface area contributed by atoms with Crippen molar-refractivity contribution in [3.05, 3.63) is 63.3 Å². The number of carbonyl (C=O) groups excluding carboxylic acids is 1. The zero-order chi connectivity index (χ0) is 26.0. The maximum atomic E-state index is 14.7. The molecule has 1 aromatic carbocycles. The maximum absolute atomic E-state index is 14.7. The Labute approximate surface area is 214 Å². The molecule has 4 fully saturated rings. The zero-order valence-corrected chi connectivity index (χ0v) is 21.1. The molecule has 1 aliphatic heterocycles. The number of alkyl halides is 2. The van der Waals surface area contributed by atoms with Crippen molar-refractivity contribution in [2.45, 2.75) is 57.2 Å². The van der Waals surface area contributed by atoms with Gasteiger partial charge in [-0.2, -0.15) is 0 Å². The Bertz CT molecular complexity index is 1260. The van der Waals surface area contributed by atoms with Crippen LogP contribution in [0.25, 0.3) is 0 Å². The molecule has 2 N–H and O–H groups in total. The van der Waals surface area contributed by atoms with Crippen molar-refractivity contribution in [3.8, 4) is 0 Å². The van der Waals surface area contributed by atoms with E-state index in [9.17, 15) is 22.8 Å². The Kier molecular flexibility index (Phi) is 6.09. The summed E-state index contributed by atoms with van der Waals surface area (Å²) in [5.41, 5.74) is -0.0159. The number of fused-ring (bicyclic) bond motifs is 1. The molecule has 3 aliphatic carbocycles. The highest BCUT2D eigenvalue weighted by molar-refractivity contribution is 5.99. The molecule has 2 heterocycles. The Morgan fingerprint density at radius 2 is 1.76 bits per heavy atom. The van der Waals surface area contributed by atoms with Crippen LogP contribution in [0, 0.1) is 29.5 Å². The first-order chi connectivity index (χ1) is 17.7.